The van der Waals surface area contributed by atoms with Crippen LogP contribution in [0.15, 0.2) is 84.2 Å². The van der Waals surface area contributed by atoms with Crippen LogP contribution in [0.25, 0.3) is 0 Å². The molecule has 1 aliphatic heterocycles. The third-order valence-corrected chi connectivity index (χ3v) is 9.53. The number of rotatable bonds is 9. The Kier molecular flexibility index (Phi) is 12.5. The molecule has 0 aliphatic carbocycles. The monoisotopic (exact) mass is 664 g/mol. The molecule has 3 aromatic carbocycles. The molecule has 224 valence electrons. The number of piperidine rings is 1. The molecule has 2 heterocycles. The lowest BCUT2D eigenvalue weighted by atomic mass is 9.70. The maximum Gasteiger partial charge on any atom is 0.253 e. The van der Waals surface area contributed by atoms with E-state index in [0.29, 0.717) is 27.3 Å². The van der Waals surface area contributed by atoms with Gasteiger partial charge in [-0.3, -0.25) is 4.79 Å². The first-order chi connectivity index (χ1) is 19.4. The highest BCUT2D eigenvalue weighted by molar-refractivity contribution is 7.13. The van der Waals surface area contributed by atoms with E-state index in [1.807, 2.05) is 60.5 Å². The molecule has 0 spiro atoms. The Balaban J connectivity index is 0.00000242. The van der Waals surface area contributed by atoms with Gasteiger partial charge in [0, 0.05) is 35.9 Å². The summed E-state index contributed by atoms with van der Waals surface area (Å²) in [5, 5.41) is 3.81. The molecule has 1 aromatic heterocycles. The molecular formula is C32H36Cl4N4OS. The van der Waals surface area contributed by atoms with Crippen molar-refractivity contribution in [2.24, 2.45) is 0 Å². The number of aromatic nitrogens is 1. The van der Waals surface area contributed by atoms with Crippen LogP contribution in [0.2, 0.25) is 10.0 Å². The molecule has 0 saturated carbocycles. The number of hydrogen-bond donors (Lipinski definition) is 1. The summed E-state index contributed by atoms with van der Waals surface area (Å²) in [5.41, 5.74) is 10.1. The molecule has 0 bridgehead atoms. The highest BCUT2D eigenvalue weighted by Crippen LogP contribution is 2.42. The Hall–Kier alpha value is -2.32. The van der Waals surface area contributed by atoms with E-state index in [1.165, 1.54) is 16.9 Å². The molecule has 1 unspecified atom stereocenters. The van der Waals surface area contributed by atoms with Gasteiger partial charge in [-0.15, -0.1) is 36.2 Å². The molecule has 5 nitrogen and oxygen atoms in total. The lowest BCUT2D eigenvalue weighted by molar-refractivity contribution is 0.0781. The van der Waals surface area contributed by atoms with E-state index in [2.05, 4.69) is 40.6 Å². The molecule has 2 N–H and O–H groups in total. The maximum absolute atomic E-state index is 13.1. The Labute approximate surface area is 274 Å². The number of nitrogens with two attached hydrogens (primary N) is 1. The largest absolute Gasteiger partial charge is 0.375 e. The van der Waals surface area contributed by atoms with E-state index in [0.717, 1.165) is 50.2 Å². The van der Waals surface area contributed by atoms with Crippen LogP contribution in [0.4, 0.5) is 5.13 Å². The summed E-state index contributed by atoms with van der Waals surface area (Å²) in [6.45, 7) is 3.42. The number of hydrogen-bond acceptors (Lipinski definition) is 5. The normalized spacial score (nSPS) is 15.2. The quantitative estimate of drug-likeness (QED) is 0.196. The number of nitrogens with zero attached hydrogens (tertiary/aromatic N) is 3. The second kappa shape index (κ2) is 15.4. The average Bonchev–Trinajstić information content (AvgIpc) is 3.44. The number of anilines is 1. The predicted octanol–water partition coefficient (Wildman–Crippen LogP) is 8.20. The van der Waals surface area contributed by atoms with Gasteiger partial charge in [-0.05, 0) is 74.3 Å². The van der Waals surface area contributed by atoms with Gasteiger partial charge in [0.25, 0.3) is 5.91 Å². The van der Waals surface area contributed by atoms with Crippen LogP contribution in [0.3, 0.4) is 0 Å². The standard InChI is InChI=1S/C32H34Cl2N4OS.2ClH/c1-37(30(39)23-8-4-2-5-9-23)21-25(24-12-13-27(33)28(34)20-24)14-17-38-18-15-32(16-19-38,26-10-6-3-7-11-26)29-22-40-31(35)36-29;;/h2-13,20,22,25H,14-19,21H2,1H3,(H2,35,36);2*1H. The molecule has 10 heteroatoms. The third kappa shape index (κ3) is 7.79. The zero-order chi connectivity index (χ0) is 28.1. The van der Waals surface area contributed by atoms with Gasteiger partial charge in [-0.1, -0.05) is 77.8 Å². The molecule has 1 aliphatic rings. The Morgan fingerprint density at radius 1 is 1.00 bits per heavy atom. The summed E-state index contributed by atoms with van der Waals surface area (Å²) in [4.78, 5) is 22.2. The summed E-state index contributed by atoms with van der Waals surface area (Å²) in [6, 6.07) is 25.9. The SMILES string of the molecule is CN(CC(CCN1CCC(c2ccccc2)(c2csc(N)n2)CC1)c1ccc(Cl)c(Cl)c1)C(=O)c1ccccc1.Cl.Cl. The number of amides is 1. The lowest BCUT2D eigenvalue weighted by Gasteiger charge is -2.42. The van der Waals surface area contributed by atoms with Crippen molar-refractivity contribution in [1.82, 2.24) is 14.8 Å². The van der Waals surface area contributed by atoms with Crippen molar-refractivity contribution in [3.63, 3.8) is 0 Å². The third-order valence-electron chi connectivity index (χ3n) is 8.12. The van der Waals surface area contributed by atoms with Gasteiger partial charge in [0.15, 0.2) is 5.13 Å². The maximum atomic E-state index is 13.1. The van der Waals surface area contributed by atoms with E-state index >= 15 is 0 Å². The second-order valence-electron chi connectivity index (χ2n) is 10.6. The van der Waals surface area contributed by atoms with E-state index in [4.69, 9.17) is 33.9 Å². The number of thiazole rings is 1. The van der Waals surface area contributed by atoms with Crippen molar-refractivity contribution in [3.05, 3.63) is 117 Å². The Morgan fingerprint density at radius 2 is 1.64 bits per heavy atom. The van der Waals surface area contributed by atoms with Crippen LogP contribution in [-0.4, -0.2) is 53.9 Å². The molecule has 5 rings (SSSR count). The van der Waals surface area contributed by atoms with Gasteiger partial charge in [-0.2, -0.15) is 0 Å². The van der Waals surface area contributed by atoms with Crippen LogP contribution in [0.5, 0.6) is 0 Å². The van der Waals surface area contributed by atoms with Crippen molar-refractivity contribution in [2.45, 2.75) is 30.6 Å². The van der Waals surface area contributed by atoms with E-state index in [9.17, 15) is 4.79 Å². The number of benzene rings is 3. The minimum atomic E-state index is -0.128. The van der Waals surface area contributed by atoms with Crippen molar-refractivity contribution in [1.29, 1.82) is 0 Å². The summed E-state index contributed by atoms with van der Waals surface area (Å²) in [5.74, 6) is 0.130. The molecule has 4 aromatic rings. The van der Waals surface area contributed by atoms with Crippen LogP contribution >= 0.6 is 59.4 Å². The Bertz CT molecular complexity index is 1430. The zero-order valence-electron chi connectivity index (χ0n) is 23.4. The predicted molar refractivity (Wildman–Crippen MR) is 181 cm³/mol. The fourth-order valence-electron chi connectivity index (χ4n) is 5.80. The fourth-order valence-corrected chi connectivity index (χ4v) is 6.77. The van der Waals surface area contributed by atoms with Gasteiger partial charge in [0.1, 0.15) is 0 Å². The number of nitrogen functional groups attached to an aromatic ring is 1. The highest BCUT2D eigenvalue weighted by atomic mass is 35.5. The van der Waals surface area contributed by atoms with Gasteiger partial charge in [0.2, 0.25) is 0 Å². The van der Waals surface area contributed by atoms with Crippen LogP contribution < -0.4 is 5.73 Å². The Morgan fingerprint density at radius 3 is 2.24 bits per heavy atom. The number of carbonyl (C=O) groups excluding carboxylic acids is 1. The van der Waals surface area contributed by atoms with Gasteiger partial charge in [-0.25, -0.2) is 4.98 Å². The first-order valence-electron chi connectivity index (χ1n) is 13.6. The average molecular weight is 667 g/mol. The summed E-state index contributed by atoms with van der Waals surface area (Å²) >= 11 is 14.2. The van der Waals surface area contributed by atoms with Crippen LogP contribution in [-0.2, 0) is 5.41 Å². The summed E-state index contributed by atoms with van der Waals surface area (Å²) < 4.78 is 0. The molecule has 42 heavy (non-hydrogen) atoms. The van der Waals surface area contributed by atoms with E-state index in [-0.39, 0.29) is 42.1 Å². The molecule has 0 radical (unpaired) electrons. The number of likely N-dealkylation sites (tertiary alicyclic amines) is 1. The van der Waals surface area contributed by atoms with Gasteiger partial charge in [0.05, 0.1) is 15.7 Å². The van der Waals surface area contributed by atoms with Gasteiger partial charge < -0.3 is 15.5 Å². The first kappa shape index (κ1) is 34.2. The summed E-state index contributed by atoms with van der Waals surface area (Å²) in [7, 11) is 1.87. The fraction of sp³-hybridized carbons (Fsp3) is 0.312. The molecule has 1 atom stereocenters. The minimum Gasteiger partial charge on any atom is -0.375 e. The number of carbonyl (C=O) groups is 1. The van der Waals surface area contributed by atoms with Crippen molar-refractivity contribution in [2.75, 3.05) is 39.0 Å². The van der Waals surface area contributed by atoms with Gasteiger partial charge >= 0.3 is 0 Å². The number of halogens is 4. The molecule has 1 fully saturated rings. The van der Waals surface area contributed by atoms with Crippen molar-refractivity contribution in [3.8, 4) is 0 Å². The smallest absolute Gasteiger partial charge is 0.253 e. The lowest BCUT2D eigenvalue weighted by Crippen LogP contribution is -2.44. The van der Waals surface area contributed by atoms with Crippen LogP contribution in [0, 0.1) is 0 Å². The van der Waals surface area contributed by atoms with Crippen LogP contribution in [0.1, 0.15) is 52.4 Å². The second-order valence-corrected chi connectivity index (χ2v) is 12.3. The summed E-state index contributed by atoms with van der Waals surface area (Å²) in [6.07, 6.45) is 2.85. The number of likely N-dealkylation sites (N-methyl/N-ethyl adjacent to an activating group) is 1. The zero-order valence-corrected chi connectivity index (χ0v) is 27.4. The topological polar surface area (TPSA) is 62.5 Å². The first-order valence-corrected chi connectivity index (χ1v) is 15.2. The molecule has 1 saturated heterocycles. The highest BCUT2D eigenvalue weighted by Gasteiger charge is 2.39. The molecular weight excluding hydrogens is 630 g/mol. The molecule has 1 amide bonds. The van der Waals surface area contributed by atoms with Crippen molar-refractivity contribution < 1.29 is 4.79 Å². The minimum absolute atomic E-state index is 0. The van der Waals surface area contributed by atoms with E-state index in [1.54, 1.807) is 0 Å². The van der Waals surface area contributed by atoms with Crippen molar-refractivity contribution >= 4 is 70.4 Å². The van der Waals surface area contributed by atoms with E-state index < -0.39 is 0 Å².